The molecule has 20 heavy (non-hydrogen) atoms. The number of amides is 2. The van der Waals surface area contributed by atoms with Crippen LogP contribution in [0.3, 0.4) is 0 Å². The van der Waals surface area contributed by atoms with Gasteiger partial charge in [0.05, 0.1) is 0 Å². The highest BCUT2D eigenvalue weighted by Gasteiger charge is 2.38. The SMILES string of the molecule is COCC(=O)N[C@H](C(=O)N1CCC(C)(CN)C1)C(C)C. The van der Waals surface area contributed by atoms with E-state index in [0.29, 0.717) is 19.6 Å². The number of hydrogen-bond donors (Lipinski definition) is 2. The highest BCUT2D eigenvalue weighted by molar-refractivity contribution is 5.88. The molecule has 0 aromatic heterocycles. The summed E-state index contributed by atoms with van der Waals surface area (Å²) in [6.45, 7) is 7.84. The second-order valence-corrected chi connectivity index (χ2v) is 6.25. The van der Waals surface area contributed by atoms with Crippen LogP contribution in [-0.4, -0.2) is 56.1 Å². The fourth-order valence-electron chi connectivity index (χ4n) is 2.43. The first-order valence-corrected chi connectivity index (χ1v) is 7.10. The molecule has 1 fully saturated rings. The normalized spacial score (nSPS) is 24.0. The summed E-state index contributed by atoms with van der Waals surface area (Å²) in [5.74, 6) is -0.255. The van der Waals surface area contributed by atoms with Crippen molar-refractivity contribution in [2.24, 2.45) is 17.1 Å². The minimum atomic E-state index is -0.502. The molecule has 2 atom stereocenters. The van der Waals surface area contributed by atoms with Gasteiger partial charge in [0.15, 0.2) is 0 Å². The Hall–Kier alpha value is -1.14. The molecule has 1 unspecified atom stereocenters. The van der Waals surface area contributed by atoms with Gasteiger partial charge in [0, 0.05) is 20.2 Å². The number of carbonyl (C=O) groups is 2. The van der Waals surface area contributed by atoms with Crippen molar-refractivity contribution in [3.05, 3.63) is 0 Å². The molecule has 1 aliphatic rings. The third kappa shape index (κ3) is 4.18. The maximum atomic E-state index is 12.6. The summed E-state index contributed by atoms with van der Waals surface area (Å²) in [6.07, 6.45) is 0.909. The molecular weight excluding hydrogens is 258 g/mol. The molecule has 1 rings (SSSR count). The molecule has 0 saturated carbocycles. The molecule has 2 amide bonds. The minimum absolute atomic E-state index is 0.00622. The first-order valence-electron chi connectivity index (χ1n) is 7.10. The summed E-state index contributed by atoms with van der Waals surface area (Å²) < 4.78 is 4.79. The van der Waals surface area contributed by atoms with Crippen molar-refractivity contribution in [3.8, 4) is 0 Å². The average molecular weight is 285 g/mol. The molecule has 6 heteroatoms. The Kier molecular flexibility index (Phi) is 5.95. The van der Waals surface area contributed by atoms with Crippen molar-refractivity contribution < 1.29 is 14.3 Å². The molecule has 0 spiro atoms. The molecule has 0 aliphatic carbocycles. The van der Waals surface area contributed by atoms with Crippen molar-refractivity contribution in [3.63, 3.8) is 0 Å². The van der Waals surface area contributed by atoms with Gasteiger partial charge < -0.3 is 20.7 Å². The number of nitrogens with zero attached hydrogens (tertiary/aromatic N) is 1. The number of hydrogen-bond acceptors (Lipinski definition) is 4. The summed E-state index contributed by atoms with van der Waals surface area (Å²) in [7, 11) is 1.46. The molecule has 1 aliphatic heterocycles. The van der Waals surface area contributed by atoms with Crippen molar-refractivity contribution in [2.75, 3.05) is 33.4 Å². The molecule has 0 aromatic rings. The molecule has 0 radical (unpaired) electrons. The van der Waals surface area contributed by atoms with Gasteiger partial charge in [-0.15, -0.1) is 0 Å². The Bertz CT molecular complexity index is 360. The lowest BCUT2D eigenvalue weighted by molar-refractivity contribution is -0.138. The lowest BCUT2D eigenvalue weighted by Crippen LogP contribution is -2.51. The molecule has 3 N–H and O–H groups in total. The number of carbonyl (C=O) groups excluding carboxylic acids is 2. The maximum Gasteiger partial charge on any atom is 0.246 e. The van der Waals surface area contributed by atoms with Crippen LogP contribution in [0.4, 0.5) is 0 Å². The summed E-state index contributed by atoms with van der Waals surface area (Å²) in [5, 5.41) is 2.75. The Morgan fingerprint density at radius 3 is 2.55 bits per heavy atom. The van der Waals surface area contributed by atoms with E-state index in [0.717, 1.165) is 6.42 Å². The van der Waals surface area contributed by atoms with Crippen molar-refractivity contribution in [2.45, 2.75) is 33.2 Å². The van der Waals surface area contributed by atoms with Crippen LogP contribution >= 0.6 is 0 Å². The quantitative estimate of drug-likeness (QED) is 0.718. The van der Waals surface area contributed by atoms with Gasteiger partial charge in [0.1, 0.15) is 12.6 Å². The van der Waals surface area contributed by atoms with Crippen LogP contribution in [-0.2, 0) is 14.3 Å². The Labute approximate surface area is 121 Å². The number of rotatable bonds is 6. The van der Waals surface area contributed by atoms with Crippen LogP contribution < -0.4 is 11.1 Å². The first-order chi connectivity index (χ1) is 9.33. The van der Waals surface area contributed by atoms with E-state index < -0.39 is 6.04 Å². The average Bonchev–Trinajstić information content (AvgIpc) is 2.79. The monoisotopic (exact) mass is 285 g/mol. The standard InChI is InChI=1S/C14H27N3O3/c1-10(2)12(16-11(18)7-20-4)13(19)17-6-5-14(3,8-15)9-17/h10,12H,5-9,15H2,1-4H3,(H,16,18)/t12-,14?/m0/s1. The van der Waals surface area contributed by atoms with E-state index in [1.54, 1.807) is 0 Å². The molecule has 6 nitrogen and oxygen atoms in total. The number of nitrogens with two attached hydrogens (primary N) is 1. The van der Waals surface area contributed by atoms with Gasteiger partial charge in [-0.3, -0.25) is 9.59 Å². The first kappa shape index (κ1) is 16.9. The second-order valence-electron chi connectivity index (χ2n) is 6.25. The third-order valence-electron chi connectivity index (χ3n) is 3.89. The van der Waals surface area contributed by atoms with Gasteiger partial charge in [0.25, 0.3) is 0 Å². The molecule has 1 saturated heterocycles. The van der Waals surface area contributed by atoms with Crippen LogP contribution in [0.2, 0.25) is 0 Å². The lowest BCUT2D eigenvalue weighted by Gasteiger charge is -2.28. The molecule has 116 valence electrons. The zero-order valence-electron chi connectivity index (χ0n) is 12.9. The summed E-state index contributed by atoms with van der Waals surface area (Å²) in [4.78, 5) is 26.0. The van der Waals surface area contributed by atoms with E-state index >= 15 is 0 Å². The molecule has 0 bridgehead atoms. The van der Waals surface area contributed by atoms with Crippen molar-refractivity contribution in [1.82, 2.24) is 10.2 Å². The predicted octanol–water partition coefficient (Wildman–Crippen LogP) is -0.0291. The van der Waals surface area contributed by atoms with Gasteiger partial charge in [-0.1, -0.05) is 20.8 Å². The van der Waals surface area contributed by atoms with Crippen molar-refractivity contribution in [1.29, 1.82) is 0 Å². The van der Waals surface area contributed by atoms with E-state index in [1.807, 2.05) is 18.7 Å². The fraction of sp³-hybridized carbons (Fsp3) is 0.857. The molecule has 0 aromatic carbocycles. The largest absolute Gasteiger partial charge is 0.375 e. The van der Waals surface area contributed by atoms with Gasteiger partial charge in [0.2, 0.25) is 11.8 Å². The second kappa shape index (κ2) is 7.04. The van der Waals surface area contributed by atoms with Crippen molar-refractivity contribution >= 4 is 11.8 Å². The van der Waals surface area contributed by atoms with E-state index in [9.17, 15) is 9.59 Å². The van der Waals surface area contributed by atoms with Crippen LogP contribution in [0.1, 0.15) is 27.2 Å². The summed E-state index contributed by atoms with van der Waals surface area (Å²) >= 11 is 0. The van der Waals surface area contributed by atoms with Gasteiger partial charge in [-0.2, -0.15) is 0 Å². The lowest BCUT2D eigenvalue weighted by atomic mass is 9.90. The Balaban J connectivity index is 2.68. The van der Waals surface area contributed by atoms with Gasteiger partial charge >= 0.3 is 0 Å². The van der Waals surface area contributed by atoms with E-state index in [1.165, 1.54) is 7.11 Å². The molecular formula is C14H27N3O3. The number of ether oxygens (including phenoxy) is 1. The minimum Gasteiger partial charge on any atom is -0.375 e. The topological polar surface area (TPSA) is 84.7 Å². The summed E-state index contributed by atoms with van der Waals surface area (Å²) in [5.41, 5.74) is 5.76. The Morgan fingerprint density at radius 2 is 2.10 bits per heavy atom. The number of nitrogens with one attached hydrogen (secondary N) is 1. The highest BCUT2D eigenvalue weighted by Crippen LogP contribution is 2.29. The summed E-state index contributed by atoms with van der Waals surface area (Å²) in [6, 6.07) is -0.502. The van der Waals surface area contributed by atoms with Crippen LogP contribution in [0.5, 0.6) is 0 Å². The van der Waals surface area contributed by atoms with Gasteiger partial charge in [-0.05, 0) is 24.3 Å². The van der Waals surface area contributed by atoms with E-state index in [4.69, 9.17) is 10.5 Å². The highest BCUT2D eigenvalue weighted by atomic mass is 16.5. The van der Waals surface area contributed by atoms with Crippen LogP contribution in [0, 0.1) is 11.3 Å². The van der Waals surface area contributed by atoms with E-state index in [2.05, 4.69) is 12.2 Å². The predicted molar refractivity (Wildman–Crippen MR) is 77.0 cm³/mol. The number of methoxy groups -OCH3 is 1. The third-order valence-corrected chi connectivity index (χ3v) is 3.89. The zero-order chi connectivity index (χ0) is 15.3. The zero-order valence-corrected chi connectivity index (χ0v) is 12.9. The van der Waals surface area contributed by atoms with E-state index in [-0.39, 0.29) is 29.8 Å². The van der Waals surface area contributed by atoms with Crippen LogP contribution in [0.15, 0.2) is 0 Å². The maximum absolute atomic E-state index is 12.6. The van der Waals surface area contributed by atoms with Crippen LogP contribution in [0.25, 0.3) is 0 Å². The smallest absolute Gasteiger partial charge is 0.246 e. The van der Waals surface area contributed by atoms with Gasteiger partial charge in [-0.25, -0.2) is 0 Å². The fourth-order valence-corrected chi connectivity index (χ4v) is 2.43. The Morgan fingerprint density at radius 1 is 1.45 bits per heavy atom. The number of likely N-dealkylation sites (tertiary alicyclic amines) is 1. The molecule has 1 heterocycles.